The highest BCUT2D eigenvalue weighted by Gasteiger charge is 2.14. The molecule has 1 rings (SSSR count). The number of ether oxygens (including phenoxy) is 1. The molecule has 0 aliphatic rings. The number of benzene rings is 1. The van der Waals surface area contributed by atoms with Crippen LogP contribution < -0.4 is 5.32 Å². The molecular weight excluding hydrogens is 225 g/mol. The molecule has 0 spiro atoms. The Hall–Kier alpha value is -1.62. The second kappa shape index (κ2) is 6.20. The molecule has 2 N–H and O–H groups in total. The Balaban J connectivity index is 2.66. The van der Waals surface area contributed by atoms with E-state index in [1.807, 2.05) is 6.92 Å². The van der Waals surface area contributed by atoms with Gasteiger partial charge in [0.15, 0.2) is 0 Å². The highest BCUT2D eigenvalue weighted by Crippen LogP contribution is 2.17. The Bertz CT molecular complexity index is 395. The van der Waals surface area contributed by atoms with Crippen LogP contribution in [0.15, 0.2) is 18.2 Å². The lowest BCUT2D eigenvalue weighted by Gasteiger charge is -2.14. The molecule has 0 saturated heterocycles. The molecule has 1 unspecified atom stereocenters. The predicted molar refractivity (Wildman–Crippen MR) is 61.5 cm³/mol. The fourth-order valence-corrected chi connectivity index (χ4v) is 1.33. The summed E-state index contributed by atoms with van der Waals surface area (Å²) in [7, 11) is 0. The highest BCUT2D eigenvalue weighted by atomic mass is 19.1. The predicted octanol–water partition coefficient (Wildman–Crippen LogP) is 1.69. The minimum atomic E-state index is -0.564. The van der Waals surface area contributed by atoms with Crippen molar-refractivity contribution in [1.29, 1.82) is 0 Å². The standard InChI is InChI=1S/C12H16FNO3/c1-3-17-7-8(2)14-12(16)10-6-9(13)4-5-11(10)15/h4-6,8,15H,3,7H2,1-2H3,(H,14,16). The molecule has 0 aromatic heterocycles. The number of rotatable bonds is 5. The van der Waals surface area contributed by atoms with Crippen LogP contribution in [-0.2, 0) is 4.74 Å². The van der Waals surface area contributed by atoms with E-state index in [1.54, 1.807) is 6.92 Å². The number of aromatic hydroxyl groups is 1. The quantitative estimate of drug-likeness (QED) is 0.824. The van der Waals surface area contributed by atoms with Crippen LogP contribution in [0.2, 0.25) is 0 Å². The number of hydrogen-bond acceptors (Lipinski definition) is 3. The number of phenols is 1. The number of nitrogens with one attached hydrogen (secondary N) is 1. The minimum Gasteiger partial charge on any atom is -0.507 e. The molecule has 0 bridgehead atoms. The van der Waals surface area contributed by atoms with E-state index in [2.05, 4.69) is 5.32 Å². The lowest BCUT2D eigenvalue weighted by molar-refractivity contribution is 0.0869. The third-order valence-electron chi connectivity index (χ3n) is 2.15. The maximum Gasteiger partial charge on any atom is 0.255 e. The number of amides is 1. The molecule has 0 radical (unpaired) electrons. The Labute approximate surface area is 99.4 Å². The van der Waals surface area contributed by atoms with Crippen molar-refractivity contribution in [3.05, 3.63) is 29.6 Å². The minimum absolute atomic E-state index is 0.0756. The summed E-state index contributed by atoms with van der Waals surface area (Å²) in [5, 5.41) is 12.0. The molecule has 1 atom stereocenters. The number of halogens is 1. The van der Waals surface area contributed by atoms with Crippen molar-refractivity contribution >= 4 is 5.91 Å². The number of carbonyl (C=O) groups is 1. The van der Waals surface area contributed by atoms with Crippen molar-refractivity contribution < 1.29 is 19.0 Å². The zero-order valence-electron chi connectivity index (χ0n) is 9.87. The zero-order chi connectivity index (χ0) is 12.8. The first kappa shape index (κ1) is 13.4. The second-order valence-corrected chi connectivity index (χ2v) is 3.70. The van der Waals surface area contributed by atoms with Crippen LogP contribution >= 0.6 is 0 Å². The number of hydrogen-bond donors (Lipinski definition) is 2. The van der Waals surface area contributed by atoms with Crippen LogP contribution in [0.1, 0.15) is 24.2 Å². The third kappa shape index (κ3) is 4.03. The first-order valence-electron chi connectivity index (χ1n) is 5.41. The molecule has 1 amide bonds. The van der Waals surface area contributed by atoms with Crippen molar-refractivity contribution in [2.45, 2.75) is 19.9 Å². The summed E-state index contributed by atoms with van der Waals surface area (Å²) in [6.07, 6.45) is 0. The van der Waals surface area contributed by atoms with Gasteiger partial charge < -0.3 is 15.2 Å². The summed E-state index contributed by atoms with van der Waals surface area (Å²) in [4.78, 5) is 11.7. The average molecular weight is 241 g/mol. The lowest BCUT2D eigenvalue weighted by atomic mass is 10.1. The van der Waals surface area contributed by atoms with Gasteiger partial charge in [-0.3, -0.25) is 4.79 Å². The van der Waals surface area contributed by atoms with Crippen molar-refractivity contribution in [2.24, 2.45) is 0 Å². The van der Waals surface area contributed by atoms with E-state index in [9.17, 15) is 14.3 Å². The van der Waals surface area contributed by atoms with Gasteiger partial charge in [0, 0.05) is 12.6 Å². The summed E-state index contributed by atoms with van der Waals surface area (Å²) < 4.78 is 18.1. The summed E-state index contributed by atoms with van der Waals surface area (Å²) in [6.45, 7) is 4.56. The molecule has 1 aromatic carbocycles. The van der Waals surface area contributed by atoms with E-state index in [0.29, 0.717) is 13.2 Å². The van der Waals surface area contributed by atoms with Gasteiger partial charge in [-0.05, 0) is 32.0 Å². The fourth-order valence-electron chi connectivity index (χ4n) is 1.33. The monoisotopic (exact) mass is 241 g/mol. The highest BCUT2D eigenvalue weighted by molar-refractivity contribution is 5.96. The molecular formula is C12H16FNO3. The molecule has 5 heteroatoms. The molecule has 0 fully saturated rings. The Kier molecular flexibility index (Phi) is 4.90. The Morgan fingerprint density at radius 3 is 2.94 bits per heavy atom. The molecule has 0 saturated carbocycles. The van der Waals surface area contributed by atoms with Gasteiger partial charge in [0.1, 0.15) is 11.6 Å². The van der Waals surface area contributed by atoms with Crippen molar-refractivity contribution in [3.8, 4) is 5.75 Å². The number of carbonyl (C=O) groups excluding carboxylic acids is 1. The van der Waals surface area contributed by atoms with Crippen LogP contribution in [0, 0.1) is 5.82 Å². The molecule has 94 valence electrons. The van der Waals surface area contributed by atoms with Crippen LogP contribution in [0.3, 0.4) is 0 Å². The van der Waals surface area contributed by atoms with Crippen LogP contribution in [0.4, 0.5) is 4.39 Å². The molecule has 1 aromatic rings. The van der Waals surface area contributed by atoms with Gasteiger partial charge in [0.2, 0.25) is 0 Å². The van der Waals surface area contributed by atoms with Gasteiger partial charge in [-0.25, -0.2) is 4.39 Å². The number of phenolic OH excluding ortho intramolecular Hbond substituents is 1. The summed E-state index contributed by atoms with van der Waals surface area (Å²) in [5.41, 5.74) is -0.0756. The normalized spacial score (nSPS) is 12.2. The van der Waals surface area contributed by atoms with E-state index >= 15 is 0 Å². The maximum absolute atomic E-state index is 12.9. The Morgan fingerprint density at radius 1 is 1.59 bits per heavy atom. The molecule has 0 aliphatic heterocycles. The molecule has 0 aliphatic carbocycles. The van der Waals surface area contributed by atoms with E-state index in [4.69, 9.17) is 4.74 Å². The molecule has 17 heavy (non-hydrogen) atoms. The van der Waals surface area contributed by atoms with Crippen molar-refractivity contribution in [3.63, 3.8) is 0 Å². The van der Waals surface area contributed by atoms with Gasteiger partial charge in [0.25, 0.3) is 5.91 Å². The average Bonchev–Trinajstić information content (AvgIpc) is 2.29. The van der Waals surface area contributed by atoms with Crippen LogP contribution in [0.25, 0.3) is 0 Å². The maximum atomic E-state index is 12.9. The van der Waals surface area contributed by atoms with Gasteiger partial charge in [-0.2, -0.15) is 0 Å². The summed E-state index contributed by atoms with van der Waals surface area (Å²) in [5.74, 6) is -1.33. The third-order valence-corrected chi connectivity index (χ3v) is 2.15. The second-order valence-electron chi connectivity index (χ2n) is 3.70. The smallest absolute Gasteiger partial charge is 0.255 e. The molecule has 0 heterocycles. The molecule has 4 nitrogen and oxygen atoms in total. The Morgan fingerprint density at radius 2 is 2.29 bits per heavy atom. The van der Waals surface area contributed by atoms with Crippen molar-refractivity contribution in [2.75, 3.05) is 13.2 Å². The van der Waals surface area contributed by atoms with Crippen LogP contribution in [0.5, 0.6) is 5.75 Å². The van der Waals surface area contributed by atoms with E-state index < -0.39 is 11.7 Å². The topological polar surface area (TPSA) is 58.6 Å². The van der Waals surface area contributed by atoms with E-state index in [0.717, 1.165) is 18.2 Å². The van der Waals surface area contributed by atoms with E-state index in [1.165, 1.54) is 0 Å². The van der Waals surface area contributed by atoms with Gasteiger partial charge in [-0.15, -0.1) is 0 Å². The lowest BCUT2D eigenvalue weighted by Crippen LogP contribution is -2.36. The first-order valence-corrected chi connectivity index (χ1v) is 5.41. The summed E-state index contributed by atoms with van der Waals surface area (Å²) >= 11 is 0. The first-order chi connectivity index (χ1) is 8.04. The fraction of sp³-hybridized carbons (Fsp3) is 0.417. The SMILES string of the molecule is CCOCC(C)NC(=O)c1cc(F)ccc1O. The van der Waals surface area contributed by atoms with Crippen molar-refractivity contribution in [1.82, 2.24) is 5.32 Å². The van der Waals surface area contributed by atoms with Gasteiger partial charge >= 0.3 is 0 Å². The van der Waals surface area contributed by atoms with E-state index in [-0.39, 0.29) is 17.4 Å². The van der Waals surface area contributed by atoms with Crippen LogP contribution in [-0.4, -0.2) is 30.3 Å². The largest absolute Gasteiger partial charge is 0.507 e. The van der Waals surface area contributed by atoms with Gasteiger partial charge in [0.05, 0.1) is 12.2 Å². The zero-order valence-corrected chi connectivity index (χ0v) is 9.87. The summed E-state index contributed by atoms with van der Waals surface area (Å²) in [6, 6.07) is 3.04. The van der Waals surface area contributed by atoms with Gasteiger partial charge in [-0.1, -0.05) is 0 Å².